The summed E-state index contributed by atoms with van der Waals surface area (Å²) in [6, 6.07) is 9.99. The Hall–Kier alpha value is -1.23. The number of hydrogen-bond acceptors (Lipinski definition) is 3. The smallest absolute Gasteiger partial charge is 0.103 e. The van der Waals surface area contributed by atoms with Gasteiger partial charge in [-0.25, -0.2) is 0 Å². The number of aryl methyl sites for hydroxylation is 1. The van der Waals surface area contributed by atoms with E-state index in [-0.39, 0.29) is 0 Å². The van der Waals surface area contributed by atoms with Gasteiger partial charge < -0.3 is 5.32 Å². The maximum atomic E-state index is 6.32. The number of aliphatic imine (C=N–C) groups is 1. The molecule has 0 atom stereocenters. The molecule has 1 aliphatic rings. The maximum absolute atomic E-state index is 6.32. The second-order valence-corrected chi connectivity index (χ2v) is 6.54. The SMILES string of the molecule is CCc1cc2c(s1)NC(=S)CN=C2c1ccccc1Cl. The summed E-state index contributed by atoms with van der Waals surface area (Å²) in [5.41, 5.74) is 2.98. The molecule has 20 heavy (non-hydrogen) atoms. The van der Waals surface area contributed by atoms with Gasteiger partial charge in [-0.1, -0.05) is 48.9 Å². The maximum Gasteiger partial charge on any atom is 0.103 e. The number of rotatable bonds is 2. The van der Waals surface area contributed by atoms with Crippen LogP contribution in [0.5, 0.6) is 0 Å². The van der Waals surface area contributed by atoms with Crippen molar-refractivity contribution in [2.24, 2.45) is 4.99 Å². The van der Waals surface area contributed by atoms with E-state index in [0.717, 1.165) is 33.2 Å². The van der Waals surface area contributed by atoms with Crippen LogP contribution < -0.4 is 5.32 Å². The van der Waals surface area contributed by atoms with Crippen molar-refractivity contribution in [1.82, 2.24) is 0 Å². The van der Waals surface area contributed by atoms with E-state index >= 15 is 0 Å². The van der Waals surface area contributed by atoms with Crippen LogP contribution in [0.15, 0.2) is 35.3 Å². The largest absolute Gasteiger partial charge is 0.340 e. The molecule has 0 bridgehead atoms. The van der Waals surface area contributed by atoms with Gasteiger partial charge in [0.05, 0.1) is 12.3 Å². The van der Waals surface area contributed by atoms with Crippen LogP contribution in [0.1, 0.15) is 22.9 Å². The van der Waals surface area contributed by atoms with Crippen molar-refractivity contribution in [3.63, 3.8) is 0 Å². The summed E-state index contributed by atoms with van der Waals surface area (Å²) in [5.74, 6) is 0. The predicted octanol–water partition coefficient (Wildman–Crippen LogP) is 4.55. The second kappa shape index (κ2) is 5.64. The lowest BCUT2D eigenvalue weighted by molar-refractivity contribution is 1.18. The van der Waals surface area contributed by atoms with Crippen LogP contribution in [0.3, 0.4) is 0 Å². The highest BCUT2D eigenvalue weighted by Gasteiger charge is 2.20. The third kappa shape index (κ3) is 2.51. The second-order valence-electron chi connectivity index (χ2n) is 4.50. The van der Waals surface area contributed by atoms with Gasteiger partial charge in [-0.2, -0.15) is 0 Å². The Balaban J connectivity index is 2.18. The molecule has 1 aromatic carbocycles. The molecule has 3 rings (SSSR count). The molecular formula is C15H13ClN2S2. The molecule has 0 saturated heterocycles. The fourth-order valence-electron chi connectivity index (χ4n) is 2.17. The third-order valence-corrected chi connectivity index (χ3v) is 4.90. The minimum absolute atomic E-state index is 0.499. The number of nitrogens with zero attached hydrogens (tertiary/aromatic N) is 1. The minimum atomic E-state index is 0.499. The first-order valence-corrected chi connectivity index (χ1v) is 8.01. The molecule has 0 aliphatic carbocycles. The molecule has 0 saturated carbocycles. The van der Waals surface area contributed by atoms with Gasteiger partial charge in [-0.15, -0.1) is 11.3 Å². The summed E-state index contributed by atoms with van der Waals surface area (Å²) < 4.78 is 0. The predicted molar refractivity (Wildman–Crippen MR) is 91.9 cm³/mol. The molecule has 0 amide bonds. The summed E-state index contributed by atoms with van der Waals surface area (Å²) in [5, 5.41) is 5.08. The number of halogens is 1. The van der Waals surface area contributed by atoms with E-state index in [0.29, 0.717) is 11.6 Å². The lowest BCUT2D eigenvalue weighted by Gasteiger charge is -2.07. The van der Waals surface area contributed by atoms with Crippen LogP contribution in [0.2, 0.25) is 5.02 Å². The highest BCUT2D eigenvalue weighted by molar-refractivity contribution is 7.80. The molecule has 0 unspecified atom stereocenters. The number of thiophene rings is 1. The molecule has 102 valence electrons. The molecule has 1 aliphatic heterocycles. The number of benzene rings is 1. The summed E-state index contributed by atoms with van der Waals surface area (Å²) in [4.78, 5) is 6.72. The Labute approximate surface area is 132 Å². The molecule has 2 aromatic rings. The minimum Gasteiger partial charge on any atom is -0.340 e. The zero-order valence-corrected chi connectivity index (χ0v) is 13.3. The Morgan fingerprint density at radius 3 is 2.90 bits per heavy atom. The molecular weight excluding hydrogens is 308 g/mol. The molecule has 0 fully saturated rings. The highest BCUT2D eigenvalue weighted by atomic mass is 35.5. The lowest BCUT2D eigenvalue weighted by atomic mass is 10.0. The van der Waals surface area contributed by atoms with Crippen LogP contribution in [-0.2, 0) is 6.42 Å². The molecule has 2 nitrogen and oxygen atoms in total. The van der Waals surface area contributed by atoms with Crippen molar-refractivity contribution in [3.05, 3.63) is 51.4 Å². The summed E-state index contributed by atoms with van der Waals surface area (Å²) in [6.07, 6.45) is 1.00. The van der Waals surface area contributed by atoms with Gasteiger partial charge in [-0.3, -0.25) is 4.99 Å². The summed E-state index contributed by atoms with van der Waals surface area (Å²) in [7, 11) is 0. The molecule has 0 radical (unpaired) electrons. The van der Waals surface area contributed by atoms with Crippen molar-refractivity contribution in [3.8, 4) is 0 Å². The van der Waals surface area contributed by atoms with E-state index < -0.39 is 0 Å². The van der Waals surface area contributed by atoms with Gasteiger partial charge in [0.2, 0.25) is 0 Å². The Bertz CT molecular complexity index is 704. The molecule has 0 spiro atoms. The Kier molecular flexibility index (Phi) is 3.87. The monoisotopic (exact) mass is 320 g/mol. The lowest BCUT2D eigenvalue weighted by Crippen LogP contribution is -2.09. The van der Waals surface area contributed by atoms with Gasteiger partial charge >= 0.3 is 0 Å². The van der Waals surface area contributed by atoms with Gasteiger partial charge in [0.15, 0.2) is 0 Å². The summed E-state index contributed by atoms with van der Waals surface area (Å²) >= 11 is 13.4. The third-order valence-electron chi connectivity index (χ3n) is 3.15. The van der Waals surface area contributed by atoms with Crippen molar-refractivity contribution in [2.45, 2.75) is 13.3 Å². The zero-order valence-electron chi connectivity index (χ0n) is 10.9. The van der Waals surface area contributed by atoms with Gasteiger partial charge in [0.1, 0.15) is 9.99 Å². The molecule has 1 aromatic heterocycles. The standard InChI is InChI=1S/C15H13ClN2S2/c1-2-9-7-11-14(10-5-3-4-6-12(10)16)17-8-13(19)18-15(11)20-9/h3-7H,2,8H2,1H3,(H,18,19). The Morgan fingerprint density at radius 1 is 1.35 bits per heavy atom. The molecule has 1 N–H and O–H groups in total. The first kappa shape index (κ1) is 13.7. The van der Waals surface area contributed by atoms with Crippen molar-refractivity contribution in [2.75, 3.05) is 11.9 Å². The molecule has 5 heteroatoms. The average molecular weight is 321 g/mol. The van der Waals surface area contributed by atoms with Crippen LogP contribution in [0.25, 0.3) is 0 Å². The topological polar surface area (TPSA) is 24.4 Å². The highest BCUT2D eigenvalue weighted by Crippen LogP contribution is 2.33. The fraction of sp³-hybridized carbons (Fsp3) is 0.200. The van der Waals surface area contributed by atoms with E-state index in [1.165, 1.54) is 4.88 Å². The van der Waals surface area contributed by atoms with E-state index in [1.807, 2.05) is 24.3 Å². The number of fused-ring (bicyclic) bond motifs is 1. The van der Waals surface area contributed by atoms with Crippen LogP contribution in [0.4, 0.5) is 5.00 Å². The van der Waals surface area contributed by atoms with E-state index in [9.17, 15) is 0 Å². The van der Waals surface area contributed by atoms with Crippen molar-refractivity contribution in [1.29, 1.82) is 0 Å². The van der Waals surface area contributed by atoms with Crippen LogP contribution >= 0.6 is 35.2 Å². The fourth-order valence-corrected chi connectivity index (χ4v) is 3.65. The van der Waals surface area contributed by atoms with E-state index in [2.05, 4.69) is 23.3 Å². The number of nitrogens with one attached hydrogen (secondary N) is 1. The van der Waals surface area contributed by atoms with Gasteiger partial charge in [-0.05, 0) is 18.6 Å². The van der Waals surface area contributed by atoms with Crippen LogP contribution in [0, 0.1) is 0 Å². The average Bonchev–Trinajstić information content (AvgIpc) is 2.77. The Morgan fingerprint density at radius 2 is 2.15 bits per heavy atom. The number of hydrogen-bond donors (Lipinski definition) is 1. The van der Waals surface area contributed by atoms with Crippen LogP contribution in [-0.4, -0.2) is 17.2 Å². The molecule has 2 heterocycles. The first-order valence-electron chi connectivity index (χ1n) is 6.41. The quantitative estimate of drug-likeness (QED) is 0.821. The van der Waals surface area contributed by atoms with Crippen molar-refractivity contribution < 1.29 is 0 Å². The normalized spacial score (nSPS) is 14.3. The van der Waals surface area contributed by atoms with Crippen molar-refractivity contribution >= 4 is 50.9 Å². The first-order chi connectivity index (χ1) is 9.69. The van der Waals surface area contributed by atoms with E-state index in [4.69, 9.17) is 23.8 Å². The van der Waals surface area contributed by atoms with Gasteiger partial charge in [0.25, 0.3) is 0 Å². The number of anilines is 1. The summed E-state index contributed by atoms with van der Waals surface area (Å²) in [6.45, 7) is 2.65. The van der Waals surface area contributed by atoms with E-state index in [1.54, 1.807) is 11.3 Å². The van der Waals surface area contributed by atoms with Gasteiger partial charge in [0, 0.05) is 21.0 Å². The number of thiocarbonyl (C=S) groups is 1. The zero-order chi connectivity index (χ0) is 14.1.